The first-order valence-corrected chi connectivity index (χ1v) is 4.97. The van der Waals surface area contributed by atoms with Gasteiger partial charge >= 0.3 is 0 Å². The molecular formula is C12H17NO3. The van der Waals surface area contributed by atoms with Crippen molar-refractivity contribution >= 4 is 5.78 Å². The van der Waals surface area contributed by atoms with Gasteiger partial charge in [0.25, 0.3) is 0 Å². The highest BCUT2D eigenvalue weighted by Gasteiger charge is 2.05. The SMILES string of the molecule is C=C(/C=C(\C)O/C(C)=C/C(=O)C(C)C)N=O. The molecule has 0 heterocycles. The van der Waals surface area contributed by atoms with Gasteiger partial charge in [-0.15, -0.1) is 4.91 Å². The maximum atomic E-state index is 11.4. The Balaban J connectivity index is 4.51. The number of carbonyl (C=O) groups excluding carboxylic acids is 1. The van der Waals surface area contributed by atoms with Crippen LogP contribution >= 0.6 is 0 Å². The highest BCUT2D eigenvalue weighted by Crippen LogP contribution is 2.09. The summed E-state index contributed by atoms with van der Waals surface area (Å²) in [6, 6.07) is 0. The van der Waals surface area contributed by atoms with E-state index in [2.05, 4.69) is 11.8 Å². The number of hydrogen-bond acceptors (Lipinski definition) is 4. The molecule has 0 spiro atoms. The van der Waals surface area contributed by atoms with Crippen molar-refractivity contribution < 1.29 is 9.53 Å². The predicted octanol–water partition coefficient (Wildman–Crippen LogP) is 3.32. The molecule has 0 aliphatic heterocycles. The molecule has 0 bridgehead atoms. The Labute approximate surface area is 95.7 Å². The molecule has 88 valence electrons. The number of ether oxygens (including phenoxy) is 1. The van der Waals surface area contributed by atoms with Gasteiger partial charge in [0.15, 0.2) is 5.78 Å². The van der Waals surface area contributed by atoms with E-state index in [1.165, 1.54) is 12.2 Å². The van der Waals surface area contributed by atoms with Gasteiger partial charge in [-0.1, -0.05) is 20.4 Å². The van der Waals surface area contributed by atoms with E-state index >= 15 is 0 Å². The van der Waals surface area contributed by atoms with Crippen LogP contribution in [0.3, 0.4) is 0 Å². The van der Waals surface area contributed by atoms with Crippen molar-refractivity contribution in [2.24, 2.45) is 11.1 Å². The maximum Gasteiger partial charge on any atom is 0.161 e. The molecule has 0 radical (unpaired) electrons. The first-order valence-electron chi connectivity index (χ1n) is 4.97. The zero-order valence-corrected chi connectivity index (χ0v) is 10.1. The van der Waals surface area contributed by atoms with Crippen LogP contribution in [0.2, 0.25) is 0 Å². The van der Waals surface area contributed by atoms with Gasteiger partial charge in [0.05, 0.1) is 0 Å². The van der Waals surface area contributed by atoms with Crippen LogP contribution in [0.15, 0.2) is 41.1 Å². The van der Waals surface area contributed by atoms with E-state index in [-0.39, 0.29) is 17.4 Å². The fourth-order valence-electron chi connectivity index (χ4n) is 0.941. The molecule has 4 nitrogen and oxygen atoms in total. The lowest BCUT2D eigenvalue weighted by Gasteiger charge is -2.06. The number of ketones is 1. The van der Waals surface area contributed by atoms with Crippen LogP contribution in [0.1, 0.15) is 27.7 Å². The van der Waals surface area contributed by atoms with Crippen LogP contribution in [0.25, 0.3) is 0 Å². The number of rotatable bonds is 6. The van der Waals surface area contributed by atoms with Crippen LogP contribution in [-0.2, 0) is 9.53 Å². The largest absolute Gasteiger partial charge is 0.466 e. The summed E-state index contributed by atoms with van der Waals surface area (Å²) >= 11 is 0. The Bertz CT molecular complexity index is 351. The Hall–Kier alpha value is -1.71. The zero-order chi connectivity index (χ0) is 12.7. The maximum absolute atomic E-state index is 11.4. The van der Waals surface area contributed by atoms with E-state index in [0.29, 0.717) is 11.5 Å². The molecule has 0 saturated heterocycles. The van der Waals surface area contributed by atoms with E-state index < -0.39 is 0 Å². The molecule has 0 aliphatic carbocycles. The van der Waals surface area contributed by atoms with Gasteiger partial charge in [-0.25, -0.2) is 0 Å². The number of nitrogens with zero attached hydrogens (tertiary/aromatic N) is 1. The van der Waals surface area contributed by atoms with E-state index in [0.717, 1.165) is 0 Å². The summed E-state index contributed by atoms with van der Waals surface area (Å²) in [7, 11) is 0. The normalized spacial score (nSPS) is 12.6. The molecule has 0 aromatic rings. The standard InChI is InChI=1S/C12H17NO3/c1-8(2)12(14)7-11(5)16-10(4)6-9(3)13-15/h6-8H,3H2,1-2,4-5H3/b10-6+,11-7+. The van der Waals surface area contributed by atoms with Crippen molar-refractivity contribution in [3.8, 4) is 0 Å². The lowest BCUT2D eigenvalue weighted by atomic mass is 10.1. The van der Waals surface area contributed by atoms with Gasteiger partial charge in [-0.2, -0.15) is 0 Å². The molecule has 0 aliphatic rings. The first kappa shape index (κ1) is 14.3. The third-order valence-corrected chi connectivity index (χ3v) is 1.72. The van der Waals surface area contributed by atoms with Gasteiger partial charge in [0, 0.05) is 18.1 Å². The Morgan fingerprint density at radius 2 is 1.75 bits per heavy atom. The lowest BCUT2D eigenvalue weighted by Crippen LogP contribution is -2.04. The van der Waals surface area contributed by atoms with Crippen LogP contribution in [0, 0.1) is 10.8 Å². The molecule has 16 heavy (non-hydrogen) atoms. The van der Waals surface area contributed by atoms with Crippen molar-refractivity contribution in [1.82, 2.24) is 0 Å². The van der Waals surface area contributed by atoms with E-state index in [1.807, 2.05) is 13.8 Å². The Morgan fingerprint density at radius 3 is 2.19 bits per heavy atom. The molecular weight excluding hydrogens is 206 g/mol. The zero-order valence-electron chi connectivity index (χ0n) is 10.1. The number of nitroso groups, excluding NO2 is 1. The van der Waals surface area contributed by atoms with Crippen LogP contribution in [0.5, 0.6) is 0 Å². The molecule has 0 amide bonds. The summed E-state index contributed by atoms with van der Waals surface area (Å²) in [6.07, 6.45) is 2.84. The molecule has 0 fully saturated rings. The second-order valence-corrected chi connectivity index (χ2v) is 3.75. The third-order valence-electron chi connectivity index (χ3n) is 1.72. The predicted molar refractivity (Wildman–Crippen MR) is 63.4 cm³/mol. The van der Waals surface area contributed by atoms with Crippen molar-refractivity contribution in [2.45, 2.75) is 27.7 Å². The summed E-state index contributed by atoms with van der Waals surface area (Å²) in [5, 5.41) is 2.64. The number of hydrogen-bond donors (Lipinski definition) is 0. The lowest BCUT2D eigenvalue weighted by molar-refractivity contribution is -0.117. The minimum absolute atomic E-state index is 0.00219. The molecule has 4 heteroatoms. The van der Waals surface area contributed by atoms with Gasteiger partial charge < -0.3 is 4.74 Å². The van der Waals surface area contributed by atoms with Crippen molar-refractivity contribution in [3.63, 3.8) is 0 Å². The van der Waals surface area contributed by atoms with Gasteiger partial charge in [0.2, 0.25) is 0 Å². The molecule has 0 aromatic carbocycles. The van der Waals surface area contributed by atoms with Gasteiger partial charge in [-0.3, -0.25) is 4.79 Å². The summed E-state index contributed by atoms with van der Waals surface area (Å²) in [5.41, 5.74) is 0.0838. The summed E-state index contributed by atoms with van der Waals surface area (Å²) < 4.78 is 5.29. The molecule has 0 aromatic heterocycles. The van der Waals surface area contributed by atoms with E-state index in [1.54, 1.807) is 13.8 Å². The summed E-state index contributed by atoms with van der Waals surface area (Å²) in [5.74, 6) is 0.883. The number of carbonyl (C=O) groups is 1. The average Bonchev–Trinajstić information content (AvgIpc) is 2.16. The monoisotopic (exact) mass is 223 g/mol. The molecule has 0 saturated carbocycles. The fraction of sp³-hybridized carbons (Fsp3) is 0.417. The van der Waals surface area contributed by atoms with E-state index in [4.69, 9.17) is 4.74 Å². The average molecular weight is 223 g/mol. The van der Waals surface area contributed by atoms with Gasteiger partial charge in [0.1, 0.15) is 17.2 Å². The van der Waals surface area contributed by atoms with Crippen molar-refractivity contribution in [3.05, 3.63) is 40.9 Å². The fourth-order valence-corrected chi connectivity index (χ4v) is 0.941. The second-order valence-electron chi connectivity index (χ2n) is 3.75. The van der Waals surface area contributed by atoms with Gasteiger partial charge in [-0.05, 0) is 19.0 Å². The molecule has 0 rings (SSSR count). The summed E-state index contributed by atoms with van der Waals surface area (Å²) in [4.78, 5) is 21.4. The number of allylic oxidation sites excluding steroid dienone is 4. The van der Waals surface area contributed by atoms with Crippen LogP contribution in [-0.4, -0.2) is 5.78 Å². The highest BCUT2D eigenvalue weighted by atomic mass is 16.5. The molecule has 0 N–H and O–H groups in total. The van der Waals surface area contributed by atoms with Crippen molar-refractivity contribution in [2.75, 3.05) is 0 Å². The van der Waals surface area contributed by atoms with Crippen LogP contribution < -0.4 is 0 Å². The first-order chi connectivity index (χ1) is 7.36. The topological polar surface area (TPSA) is 55.7 Å². The minimum Gasteiger partial charge on any atom is -0.466 e. The second kappa shape index (κ2) is 6.71. The quantitative estimate of drug-likeness (QED) is 0.300. The Kier molecular flexibility index (Phi) is 6.00. The summed E-state index contributed by atoms with van der Waals surface area (Å²) in [6.45, 7) is 10.3. The third kappa shape index (κ3) is 5.90. The molecule has 0 unspecified atom stereocenters. The highest BCUT2D eigenvalue weighted by molar-refractivity contribution is 5.91. The van der Waals surface area contributed by atoms with Crippen molar-refractivity contribution in [1.29, 1.82) is 0 Å². The smallest absolute Gasteiger partial charge is 0.161 e. The minimum atomic E-state index is -0.0607. The van der Waals surface area contributed by atoms with E-state index in [9.17, 15) is 9.70 Å². The Morgan fingerprint density at radius 1 is 1.25 bits per heavy atom. The molecule has 0 atom stereocenters. The van der Waals surface area contributed by atoms with Crippen LogP contribution in [0.4, 0.5) is 0 Å².